The second-order valence-electron chi connectivity index (χ2n) is 5.77. The highest BCUT2D eigenvalue weighted by Crippen LogP contribution is 2.38. The van der Waals surface area contributed by atoms with E-state index in [9.17, 15) is 0 Å². The van der Waals surface area contributed by atoms with Gasteiger partial charge in [-0.3, -0.25) is 0 Å². The number of likely N-dealkylation sites (tertiary alicyclic amines) is 1. The van der Waals surface area contributed by atoms with Crippen LogP contribution in [0.2, 0.25) is 0 Å². The Hall–Kier alpha value is 0.100. The van der Waals surface area contributed by atoms with Crippen molar-refractivity contribution in [3.63, 3.8) is 0 Å². The van der Waals surface area contributed by atoms with Gasteiger partial charge in [-0.05, 0) is 72.8 Å². The molecule has 2 unspecified atom stereocenters. The van der Waals surface area contributed by atoms with E-state index in [4.69, 9.17) is 0 Å². The third kappa shape index (κ3) is 3.23. The molecular formula is C15H23BrN2S. The summed E-state index contributed by atoms with van der Waals surface area (Å²) in [6.45, 7) is 5.98. The minimum absolute atomic E-state index is 0.591. The first kappa shape index (κ1) is 14.1. The summed E-state index contributed by atoms with van der Waals surface area (Å²) in [5.41, 5.74) is 1.57. The number of likely N-dealkylation sites (N-methyl/N-ethyl adjacent to an activating group) is 1. The number of thiophene rings is 1. The van der Waals surface area contributed by atoms with Crippen molar-refractivity contribution in [3.05, 3.63) is 20.3 Å². The molecular weight excluding hydrogens is 320 g/mol. The van der Waals surface area contributed by atoms with Crippen molar-refractivity contribution in [1.29, 1.82) is 0 Å². The maximum Gasteiger partial charge on any atom is 0.0704 e. The van der Waals surface area contributed by atoms with Crippen molar-refractivity contribution < 1.29 is 0 Å². The first-order chi connectivity index (χ1) is 9.26. The largest absolute Gasteiger partial charge is 0.306 e. The zero-order valence-electron chi connectivity index (χ0n) is 11.6. The maximum absolute atomic E-state index is 3.94. The third-order valence-corrected chi connectivity index (χ3v) is 6.19. The molecule has 4 heteroatoms. The molecule has 1 N–H and O–H groups in total. The first-order valence-corrected chi connectivity index (χ1v) is 9.13. The van der Waals surface area contributed by atoms with E-state index < -0.39 is 0 Å². The molecule has 2 aliphatic rings. The molecule has 19 heavy (non-hydrogen) atoms. The van der Waals surface area contributed by atoms with E-state index >= 15 is 0 Å². The van der Waals surface area contributed by atoms with Gasteiger partial charge in [-0.2, -0.15) is 0 Å². The highest BCUT2D eigenvalue weighted by atomic mass is 79.9. The maximum atomic E-state index is 3.94. The molecule has 1 aliphatic heterocycles. The summed E-state index contributed by atoms with van der Waals surface area (Å²) in [6, 6.07) is 3.62. The van der Waals surface area contributed by atoms with E-state index in [2.05, 4.69) is 39.1 Å². The van der Waals surface area contributed by atoms with Gasteiger partial charge in [0.15, 0.2) is 0 Å². The average molecular weight is 343 g/mol. The van der Waals surface area contributed by atoms with Crippen molar-refractivity contribution >= 4 is 27.3 Å². The number of nitrogens with one attached hydrogen (secondary N) is 1. The molecule has 0 aromatic carbocycles. The monoisotopic (exact) mass is 342 g/mol. The molecule has 1 aliphatic carbocycles. The van der Waals surface area contributed by atoms with E-state index in [0.717, 1.165) is 0 Å². The smallest absolute Gasteiger partial charge is 0.0704 e. The van der Waals surface area contributed by atoms with Gasteiger partial charge in [0, 0.05) is 23.5 Å². The summed E-state index contributed by atoms with van der Waals surface area (Å²) in [6.07, 6.45) is 6.60. The third-order valence-electron chi connectivity index (χ3n) is 4.47. The molecule has 0 saturated carbocycles. The molecule has 2 heterocycles. The van der Waals surface area contributed by atoms with Gasteiger partial charge in [0.2, 0.25) is 0 Å². The Morgan fingerprint density at radius 3 is 3.16 bits per heavy atom. The van der Waals surface area contributed by atoms with E-state index in [-0.39, 0.29) is 0 Å². The fourth-order valence-corrected chi connectivity index (χ4v) is 5.28. The van der Waals surface area contributed by atoms with E-state index in [1.807, 2.05) is 11.3 Å². The lowest BCUT2D eigenvalue weighted by Crippen LogP contribution is -2.47. The lowest BCUT2D eigenvalue weighted by molar-refractivity contribution is 0.187. The number of hydrogen-bond donors (Lipinski definition) is 1. The number of fused-ring (bicyclic) bond motifs is 1. The predicted octanol–water partition coefficient (Wildman–Crippen LogP) is 3.96. The molecule has 1 saturated heterocycles. The zero-order valence-corrected chi connectivity index (χ0v) is 14.0. The Bertz CT molecular complexity index is 432. The van der Waals surface area contributed by atoms with Crippen LogP contribution in [-0.2, 0) is 6.42 Å². The fraction of sp³-hybridized carbons (Fsp3) is 0.733. The van der Waals surface area contributed by atoms with Crippen LogP contribution in [0.3, 0.4) is 0 Å². The molecule has 0 radical (unpaired) electrons. The summed E-state index contributed by atoms with van der Waals surface area (Å²) in [7, 11) is 0. The van der Waals surface area contributed by atoms with Gasteiger partial charge in [0.05, 0.1) is 3.79 Å². The highest BCUT2D eigenvalue weighted by molar-refractivity contribution is 9.11. The average Bonchev–Trinajstić information content (AvgIpc) is 2.80. The second-order valence-corrected chi connectivity index (χ2v) is 8.29. The van der Waals surface area contributed by atoms with Crippen LogP contribution in [0.15, 0.2) is 9.85 Å². The summed E-state index contributed by atoms with van der Waals surface area (Å²) in [5, 5.41) is 3.94. The van der Waals surface area contributed by atoms with Gasteiger partial charge in [0.25, 0.3) is 0 Å². The Morgan fingerprint density at radius 2 is 2.32 bits per heavy atom. The van der Waals surface area contributed by atoms with E-state index in [1.165, 1.54) is 55.5 Å². The molecule has 3 rings (SSSR count). The van der Waals surface area contributed by atoms with Gasteiger partial charge in [-0.15, -0.1) is 11.3 Å². The lowest BCUT2D eigenvalue weighted by Gasteiger charge is -2.36. The normalized spacial score (nSPS) is 28.3. The Balaban J connectivity index is 1.67. The lowest BCUT2D eigenvalue weighted by atomic mass is 9.92. The Kier molecular flexibility index (Phi) is 4.62. The van der Waals surface area contributed by atoms with Crippen molar-refractivity contribution in [1.82, 2.24) is 10.2 Å². The molecule has 2 atom stereocenters. The van der Waals surface area contributed by atoms with Crippen LogP contribution in [0, 0.1) is 0 Å². The SMILES string of the molecule is CCN1CCCC(NC2CCCc3sc(Br)cc32)C1. The van der Waals surface area contributed by atoms with Crippen molar-refractivity contribution in [2.45, 2.75) is 51.1 Å². The van der Waals surface area contributed by atoms with Crippen LogP contribution < -0.4 is 5.32 Å². The summed E-state index contributed by atoms with van der Waals surface area (Å²) in [4.78, 5) is 4.17. The van der Waals surface area contributed by atoms with Crippen molar-refractivity contribution in [2.75, 3.05) is 19.6 Å². The minimum atomic E-state index is 0.591. The van der Waals surface area contributed by atoms with E-state index in [1.54, 1.807) is 10.4 Å². The number of piperidine rings is 1. The standard InChI is InChI=1S/C15H23BrN2S/c1-2-18-8-4-5-11(10-18)17-13-6-3-7-14-12(13)9-15(16)19-14/h9,11,13,17H,2-8,10H2,1H3. The number of halogens is 1. The minimum Gasteiger partial charge on any atom is -0.306 e. The van der Waals surface area contributed by atoms with Crippen LogP contribution in [0.4, 0.5) is 0 Å². The number of hydrogen-bond acceptors (Lipinski definition) is 3. The number of aryl methyl sites for hydroxylation is 1. The topological polar surface area (TPSA) is 15.3 Å². The van der Waals surface area contributed by atoms with Gasteiger partial charge in [0.1, 0.15) is 0 Å². The first-order valence-electron chi connectivity index (χ1n) is 7.52. The molecule has 0 amide bonds. The van der Waals surface area contributed by atoms with Gasteiger partial charge < -0.3 is 10.2 Å². The predicted molar refractivity (Wildman–Crippen MR) is 86.0 cm³/mol. The van der Waals surface area contributed by atoms with Crippen LogP contribution in [0.5, 0.6) is 0 Å². The fourth-order valence-electron chi connectivity index (χ4n) is 3.46. The molecule has 1 aromatic rings. The molecule has 2 nitrogen and oxygen atoms in total. The molecule has 1 aromatic heterocycles. The summed E-state index contributed by atoms with van der Waals surface area (Å²) in [5.74, 6) is 0. The summed E-state index contributed by atoms with van der Waals surface area (Å²) < 4.78 is 1.30. The molecule has 0 spiro atoms. The number of nitrogens with zero attached hydrogens (tertiary/aromatic N) is 1. The van der Waals surface area contributed by atoms with Gasteiger partial charge >= 0.3 is 0 Å². The second kappa shape index (κ2) is 6.25. The van der Waals surface area contributed by atoms with Gasteiger partial charge in [-0.25, -0.2) is 0 Å². The molecule has 106 valence electrons. The Labute approximate surface area is 128 Å². The van der Waals surface area contributed by atoms with Crippen molar-refractivity contribution in [2.24, 2.45) is 0 Å². The molecule has 1 fully saturated rings. The highest BCUT2D eigenvalue weighted by Gasteiger charge is 2.26. The molecule has 0 bridgehead atoms. The quantitative estimate of drug-likeness (QED) is 0.894. The summed E-state index contributed by atoms with van der Waals surface area (Å²) >= 11 is 5.58. The van der Waals surface area contributed by atoms with Gasteiger partial charge in [-0.1, -0.05) is 6.92 Å². The van der Waals surface area contributed by atoms with Crippen LogP contribution >= 0.6 is 27.3 Å². The van der Waals surface area contributed by atoms with E-state index in [0.29, 0.717) is 12.1 Å². The van der Waals surface area contributed by atoms with Crippen LogP contribution in [0.1, 0.15) is 49.1 Å². The van der Waals surface area contributed by atoms with Crippen LogP contribution in [0.25, 0.3) is 0 Å². The zero-order chi connectivity index (χ0) is 13.2. The number of rotatable bonds is 3. The van der Waals surface area contributed by atoms with Crippen LogP contribution in [-0.4, -0.2) is 30.6 Å². The van der Waals surface area contributed by atoms with Crippen molar-refractivity contribution in [3.8, 4) is 0 Å². The Morgan fingerprint density at radius 1 is 1.42 bits per heavy atom.